The Kier molecular flexibility index (Phi) is 2.12. The maximum absolute atomic E-state index is 5.29. The van der Waals surface area contributed by atoms with E-state index in [4.69, 9.17) is 6.42 Å². The molecular formula is C10H10. The molecule has 0 fully saturated rings. The van der Waals surface area contributed by atoms with Crippen molar-refractivity contribution in [1.82, 2.24) is 0 Å². The van der Waals surface area contributed by atoms with Gasteiger partial charge in [-0.05, 0) is 12.5 Å². The number of hydrogen-bond acceptors (Lipinski definition) is 0. The Bertz CT molecular complexity index is 233. The molecule has 0 bridgehead atoms. The standard InChI is InChI=1S/C10H10/c1-3-9-7-5-6-8-10(9)4-2/h1,4-9H,2H3. The molecule has 0 spiro atoms. The average molecular weight is 130 g/mol. The smallest absolute Gasteiger partial charge is 0.0630 e. The Morgan fingerprint density at radius 1 is 1.60 bits per heavy atom. The van der Waals surface area contributed by atoms with Gasteiger partial charge in [-0.2, -0.15) is 0 Å². The van der Waals surface area contributed by atoms with Crippen LogP contribution in [0.4, 0.5) is 0 Å². The van der Waals surface area contributed by atoms with Crippen molar-refractivity contribution in [2.45, 2.75) is 6.92 Å². The molecular weight excluding hydrogens is 120 g/mol. The summed E-state index contributed by atoms with van der Waals surface area (Å²) in [6, 6.07) is 0. The molecule has 50 valence electrons. The predicted molar refractivity (Wildman–Crippen MR) is 44.4 cm³/mol. The monoisotopic (exact) mass is 130 g/mol. The molecule has 1 atom stereocenters. The summed E-state index contributed by atoms with van der Waals surface area (Å²) in [6.07, 6.45) is 15.4. The van der Waals surface area contributed by atoms with Crippen molar-refractivity contribution in [1.29, 1.82) is 0 Å². The van der Waals surface area contributed by atoms with E-state index >= 15 is 0 Å². The summed E-state index contributed by atoms with van der Waals surface area (Å²) >= 11 is 0. The van der Waals surface area contributed by atoms with E-state index in [2.05, 4.69) is 5.92 Å². The van der Waals surface area contributed by atoms with E-state index in [0.29, 0.717) is 0 Å². The van der Waals surface area contributed by atoms with Gasteiger partial charge in [0.2, 0.25) is 0 Å². The van der Waals surface area contributed by atoms with Crippen LogP contribution in [0.25, 0.3) is 0 Å². The molecule has 0 N–H and O–H groups in total. The lowest BCUT2D eigenvalue weighted by molar-refractivity contribution is 1.03. The summed E-state index contributed by atoms with van der Waals surface area (Å²) in [5.41, 5.74) is 1.21. The highest BCUT2D eigenvalue weighted by Gasteiger charge is 2.04. The highest BCUT2D eigenvalue weighted by Crippen LogP contribution is 2.16. The molecule has 0 aromatic heterocycles. The topological polar surface area (TPSA) is 0 Å². The first-order valence-corrected chi connectivity index (χ1v) is 3.35. The maximum atomic E-state index is 5.29. The SMILES string of the molecule is C#CC1C=CC=CC1=CC. The summed E-state index contributed by atoms with van der Waals surface area (Å²) in [5, 5.41) is 0. The summed E-state index contributed by atoms with van der Waals surface area (Å²) in [6.45, 7) is 2.00. The molecule has 1 unspecified atom stereocenters. The minimum atomic E-state index is 0.190. The molecule has 0 amide bonds. The van der Waals surface area contributed by atoms with Gasteiger partial charge in [0.25, 0.3) is 0 Å². The highest BCUT2D eigenvalue weighted by molar-refractivity contribution is 5.37. The van der Waals surface area contributed by atoms with Crippen LogP contribution in [0, 0.1) is 18.3 Å². The van der Waals surface area contributed by atoms with Crippen molar-refractivity contribution >= 4 is 0 Å². The zero-order valence-electron chi connectivity index (χ0n) is 6.04. The zero-order chi connectivity index (χ0) is 7.40. The average Bonchev–Trinajstić information content (AvgIpc) is 2.04. The van der Waals surface area contributed by atoms with Gasteiger partial charge in [0, 0.05) is 0 Å². The van der Waals surface area contributed by atoms with Crippen LogP contribution in [0.2, 0.25) is 0 Å². The molecule has 0 saturated carbocycles. The van der Waals surface area contributed by atoms with Crippen molar-refractivity contribution < 1.29 is 0 Å². The van der Waals surface area contributed by atoms with E-state index in [1.807, 2.05) is 37.3 Å². The van der Waals surface area contributed by atoms with Crippen LogP contribution >= 0.6 is 0 Å². The lowest BCUT2D eigenvalue weighted by atomic mass is 9.95. The Hall–Kier alpha value is -1.22. The van der Waals surface area contributed by atoms with E-state index in [9.17, 15) is 0 Å². The molecule has 0 nitrogen and oxygen atoms in total. The normalized spacial score (nSPS) is 26.8. The molecule has 0 aliphatic heterocycles. The van der Waals surface area contributed by atoms with E-state index in [0.717, 1.165) is 0 Å². The van der Waals surface area contributed by atoms with Gasteiger partial charge in [0.15, 0.2) is 0 Å². The van der Waals surface area contributed by atoms with Crippen LogP contribution < -0.4 is 0 Å². The van der Waals surface area contributed by atoms with E-state index in [-0.39, 0.29) is 5.92 Å². The fraction of sp³-hybridized carbons (Fsp3) is 0.200. The van der Waals surface area contributed by atoms with Gasteiger partial charge < -0.3 is 0 Å². The summed E-state index contributed by atoms with van der Waals surface area (Å²) < 4.78 is 0. The largest absolute Gasteiger partial charge is 0.119 e. The first-order chi connectivity index (χ1) is 4.88. The fourth-order valence-corrected chi connectivity index (χ4v) is 0.984. The zero-order valence-corrected chi connectivity index (χ0v) is 6.04. The van der Waals surface area contributed by atoms with Gasteiger partial charge >= 0.3 is 0 Å². The van der Waals surface area contributed by atoms with Gasteiger partial charge in [-0.25, -0.2) is 0 Å². The Balaban J connectivity index is 2.87. The van der Waals surface area contributed by atoms with E-state index in [1.54, 1.807) is 0 Å². The second-order valence-electron chi connectivity index (χ2n) is 2.18. The fourth-order valence-electron chi connectivity index (χ4n) is 0.984. The number of hydrogen-bond donors (Lipinski definition) is 0. The number of rotatable bonds is 0. The summed E-state index contributed by atoms with van der Waals surface area (Å²) in [7, 11) is 0. The molecule has 0 heterocycles. The van der Waals surface area contributed by atoms with Crippen molar-refractivity contribution in [2.24, 2.45) is 5.92 Å². The minimum Gasteiger partial charge on any atom is -0.119 e. The van der Waals surface area contributed by atoms with Crippen LogP contribution in [0.5, 0.6) is 0 Å². The third kappa shape index (κ3) is 1.19. The molecule has 1 aliphatic carbocycles. The van der Waals surface area contributed by atoms with Gasteiger partial charge in [0.1, 0.15) is 0 Å². The Morgan fingerprint density at radius 3 is 2.90 bits per heavy atom. The molecule has 0 saturated heterocycles. The van der Waals surface area contributed by atoms with Crippen LogP contribution in [-0.2, 0) is 0 Å². The third-order valence-electron chi connectivity index (χ3n) is 1.58. The second-order valence-corrected chi connectivity index (χ2v) is 2.18. The molecule has 0 aromatic rings. The Morgan fingerprint density at radius 2 is 2.40 bits per heavy atom. The van der Waals surface area contributed by atoms with Crippen LogP contribution in [-0.4, -0.2) is 0 Å². The maximum Gasteiger partial charge on any atom is 0.0630 e. The van der Waals surface area contributed by atoms with Crippen LogP contribution in [0.1, 0.15) is 6.92 Å². The number of allylic oxidation sites excluding steroid dienone is 6. The van der Waals surface area contributed by atoms with Crippen LogP contribution in [0.3, 0.4) is 0 Å². The lowest BCUT2D eigenvalue weighted by Crippen LogP contribution is -1.97. The van der Waals surface area contributed by atoms with Crippen molar-refractivity contribution in [3.8, 4) is 12.3 Å². The molecule has 10 heavy (non-hydrogen) atoms. The first kappa shape index (κ1) is 6.89. The van der Waals surface area contributed by atoms with Gasteiger partial charge in [0.05, 0.1) is 5.92 Å². The second kappa shape index (κ2) is 3.08. The third-order valence-corrected chi connectivity index (χ3v) is 1.58. The molecule has 1 aliphatic rings. The van der Waals surface area contributed by atoms with E-state index < -0.39 is 0 Å². The quantitative estimate of drug-likeness (QED) is 0.441. The van der Waals surface area contributed by atoms with Gasteiger partial charge in [-0.3, -0.25) is 0 Å². The first-order valence-electron chi connectivity index (χ1n) is 3.35. The lowest BCUT2D eigenvalue weighted by Gasteiger charge is -2.08. The van der Waals surface area contributed by atoms with Crippen LogP contribution in [0.15, 0.2) is 36.0 Å². The Labute approximate surface area is 61.9 Å². The number of terminal acetylenes is 1. The molecule has 0 heteroatoms. The van der Waals surface area contributed by atoms with Gasteiger partial charge in [-0.15, -0.1) is 6.42 Å². The molecule has 1 rings (SSSR count). The summed E-state index contributed by atoms with van der Waals surface area (Å²) in [5.74, 6) is 2.89. The molecule has 0 radical (unpaired) electrons. The molecule has 0 aromatic carbocycles. The van der Waals surface area contributed by atoms with Gasteiger partial charge in [-0.1, -0.05) is 36.3 Å². The van der Waals surface area contributed by atoms with Crippen molar-refractivity contribution in [2.75, 3.05) is 0 Å². The highest BCUT2D eigenvalue weighted by atomic mass is 14.1. The van der Waals surface area contributed by atoms with Crippen molar-refractivity contribution in [3.63, 3.8) is 0 Å². The minimum absolute atomic E-state index is 0.190. The summed E-state index contributed by atoms with van der Waals surface area (Å²) in [4.78, 5) is 0. The van der Waals surface area contributed by atoms with E-state index in [1.165, 1.54) is 5.57 Å². The van der Waals surface area contributed by atoms with Crippen molar-refractivity contribution in [3.05, 3.63) is 36.0 Å². The predicted octanol–water partition coefficient (Wildman–Crippen LogP) is 2.31.